The van der Waals surface area contributed by atoms with Crippen molar-refractivity contribution in [2.45, 2.75) is 33.1 Å². The zero-order valence-corrected chi connectivity index (χ0v) is 12.1. The van der Waals surface area contributed by atoms with Gasteiger partial charge in [-0.15, -0.1) is 0 Å². The number of ketones is 1. The molecule has 0 saturated carbocycles. The number of piperidine rings is 1. The van der Waals surface area contributed by atoms with Crippen LogP contribution in [0.3, 0.4) is 0 Å². The van der Waals surface area contributed by atoms with E-state index in [0.29, 0.717) is 12.0 Å². The topological polar surface area (TPSA) is 20.3 Å². The van der Waals surface area contributed by atoms with Crippen LogP contribution in [0.2, 0.25) is 0 Å². The molecule has 1 aliphatic rings. The minimum absolute atomic E-state index is 0.137. The summed E-state index contributed by atoms with van der Waals surface area (Å²) >= 11 is 0. The molecule has 1 heterocycles. The highest BCUT2D eigenvalue weighted by Crippen LogP contribution is 2.29. The molecule has 0 bridgehead atoms. The lowest BCUT2D eigenvalue weighted by atomic mass is 9.82. The summed E-state index contributed by atoms with van der Waals surface area (Å²) in [6.07, 6.45) is 2.45. The second-order valence-electron chi connectivity index (χ2n) is 6.28. The number of benzene rings is 1. The second-order valence-corrected chi connectivity index (χ2v) is 6.28. The first-order chi connectivity index (χ1) is 9.39. The number of carbonyl (C=O) groups excluding carboxylic acids is 1. The first-order valence-corrected chi connectivity index (χ1v) is 7.09. The van der Waals surface area contributed by atoms with Crippen LogP contribution in [0.1, 0.15) is 43.5 Å². The molecule has 0 N–H and O–H groups in total. The number of likely N-dealkylation sites (tertiary alicyclic amines) is 1. The normalized spacial score (nSPS) is 19.0. The van der Waals surface area contributed by atoms with Crippen molar-refractivity contribution in [3.05, 3.63) is 35.4 Å². The highest BCUT2D eigenvalue weighted by atomic mass is 19.2. The molecule has 110 valence electrons. The van der Waals surface area contributed by atoms with Gasteiger partial charge in [0.25, 0.3) is 0 Å². The highest BCUT2D eigenvalue weighted by molar-refractivity contribution is 5.96. The lowest BCUT2D eigenvalue weighted by molar-refractivity contribution is 0.0922. The first-order valence-electron chi connectivity index (χ1n) is 7.09. The predicted molar refractivity (Wildman–Crippen MR) is 74.8 cm³/mol. The zero-order chi connectivity index (χ0) is 14.8. The smallest absolute Gasteiger partial charge is 0.169 e. The molecule has 2 nitrogen and oxygen atoms in total. The molecular formula is C16H21F2NO. The SMILES string of the molecule is CC1(C)CCN(CCC(=O)c2cccc(F)c2F)CC1. The Bertz CT molecular complexity index is 489. The Morgan fingerprint density at radius 2 is 1.90 bits per heavy atom. The van der Waals surface area contributed by atoms with Gasteiger partial charge < -0.3 is 4.90 Å². The van der Waals surface area contributed by atoms with E-state index >= 15 is 0 Å². The second kappa shape index (κ2) is 6.00. The Morgan fingerprint density at radius 3 is 2.55 bits per heavy atom. The third-order valence-corrected chi connectivity index (χ3v) is 4.12. The van der Waals surface area contributed by atoms with E-state index in [0.717, 1.165) is 32.0 Å². The standard InChI is InChI=1S/C16H21F2NO/c1-16(2)7-10-19(11-8-16)9-6-14(20)12-4-3-5-13(17)15(12)18/h3-5H,6-11H2,1-2H3. The monoisotopic (exact) mass is 281 g/mol. The average Bonchev–Trinajstić information content (AvgIpc) is 2.40. The molecule has 2 rings (SSSR count). The van der Waals surface area contributed by atoms with Gasteiger partial charge in [-0.05, 0) is 43.5 Å². The van der Waals surface area contributed by atoms with Crippen LogP contribution >= 0.6 is 0 Å². The van der Waals surface area contributed by atoms with Crippen LogP contribution in [0, 0.1) is 17.0 Å². The third-order valence-electron chi connectivity index (χ3n) is 4.12. The van der Waals surface area contributed by atoms with Crippen molar-refractivity contribution < 1.29 is 13.6 Å². The Labute approximate surface area is 118 Å². The molecule has 20 heavy (non-hydrogen) atoms. The van der Waals surface area contributed by atoms with Crippen LogP contribution in [0.15, 0.2) is 18.2 Å². The first kappa shape index (κ1) is 15.1. The van der Waals surface area contributed by atoms with E-state index in [1.165, 1.54) is 12.1 Å². The molecule has 0 radical (unpaired) electrons. The predicted octanol–water partition coefficient (Wildman–Crippen LogP) is 3.66. The number of halogens is 2. The maximum Gasteiger partial charge on any atom is 0.169 e. The van der Waals surface area contributed by atoms with E-state index in [-0.39, 0.29) is 17.8 Å². The summed E-state index contributed by atoms with van der Waals surface area (Å²) in [5.74, 6) is -2.32. The highest BCUT2D eigenvalue weighted by Gasteiger charge is 2.25. The van der Waals surface area contributed by atoms with Crippen molar-refractivity contribution in [3.63, 3.8) is 0 Å². The Morgan fingerprint density at radius 1 is 1.25 bits per heavy atom. The molecule has 0 amide bonds. The summed E-state index contributed by atoms with van der Waals surface area (Å²) in [6, 6.07) is 3.74. The van der Waals surface area contributed by atoms with Crippen LogP contribution < -0.4 is 0 Å². The van der Waals surface area contributed by atoms with E-state index in [9.17, 15) is 13.6 Å². The van der Waals surface area contributed by atoms with Gasteiger partial charge in [-0.25, -0.2) is 8.78 Å². The number of Topliss-reactive ketones (excluding diaryl/α,β-unsaturated/α-hetero) is 1. The van der Waals surface area contributed by atoms with Gasteiger partial charge in [-0.3, -0.25) is 4.79 Å². The lowest BCUT2D eigenvalue weighted by Crippen LogP contribution is -2.38. The van der Waals surface area contributed by atoms with Gasteiger partial charge in [0.1, 0.15) is 0 Å². The van der Waals surface area contributed by atoms with E-state index in [4.69, 9.17) is 0 Å². The molecule has 1 saturated heterocycles. The number of rotatable bonds is 4. The van der Waals surface area contributed by atoms with Gasteiger partial charge in [0.15, 0.2) is 17.4 Å². The van der Waals surface area contributed by atoms with Crippen molar-refractivity contribution in [1.82, 2.24) is 4.90 Å². The van der Waals surface area contributed by atoms with Crippen molar-refractivity contribution in [1.29, 1.82) is 0 Å². The lowest BCUT2D eigenvalue weighted by Gasteiger charge is -2.36. The minimum Gasteiger partial charge on any atom is -0.303 e. The van der Waals surface area contributed by atoms with Crippen molar-refractivity contribution in [3.8, 4) is 0 Å². The molecule has 0 atom stereocenters. The van der Waals surface area contributed by atoms with E-state index in [1.807, 2.05) is 0 Å². The zero-order valence-electron chi connectivity index (χ0n) is 12.1. The van der Waals surface area contributed by atoms with Crippen LogP contribution in [-0.2, 0) is 0 Å². The summed E-state index contributed by atoms with van der Waals surface area (Å²) in [5.41, 5.74) is 0.233. The van der Waals surface area contributed by atoms with E-state index in [1.54, 1.807) is 0 Å². The van der Waals surface area contributed by atoms with Crippen LogP contribution in [-0.4, -0.2) is 30.3 Å². The molecule has 1 aromatic carbocycles. The number of carbonyl (C=O) groups is 1. The van der Waals surface area contributed by atoms with Crippen molar-refractivity contribution in [2.24, 2.45) is 5.41 Å². The summed E-state index contributed by atoms with van der Waals surface area (Å²) in [5, 5.41) is 0. The largest absolute Gasteiger partial charge is 0.303 e. The molecule has 1 fully saturated rings. The molecule has 0 unspecified atom stereocenters. The fourth-order valence-corrected chi connectivity index (χ4v) is 2.50. The maximum atomic E-state index is 13.5. The van der Waals surface area contributed by atoms with Crippen molar-refractivity contribution >= 4 is 5.78 Å². The Kier molecular flexibility index (Phi) is 4.53. The summed E-state index contributed by atoms with van der Waals surface area (Å²) < 4.78 is 26.6. The van der Waals surface area contributed by atoms with Gasteiger partial charge in [-0.2, -0.15) is 0 Å². The summed E-state index contributed by atoms with van der Waals surface area (Å²) in [4.78, 5) is 14.2. The molecule has 0 aliphatic carbocycles. The average molecular weight is 281 g/mol. The molecule has 0 aromatic heterocycles. The summed E-state index contributed by atoms with van der Waals surface area (Å²) in [6.45, 7) is 7.04. The number of nitrogens with zero attached hydrogens (tertiary/aromatic N) is 1. The van der Waals surface area contributed by atoms with Gasteiger partial charge in [0.05, 0.1) is 5.56 Å². The number of hydrogen-bond acceptors (Lipinski definition) is 2. The minimum atomic E-state index is -1.03. The summed E-state index contributed by atoms with van der Waals surface area (Å²) in [7, 11) is 0. The quantitative estimate of drug-likeness (QED) is 0.785. The fraction of sp³-hybridized carbons (Fsp3) is 0.562. The van der Waals surface area contributed by atoms with Crippen LogP contribution in [0.5, 0.6) is 0 Å². The van der Waals surface area contributed by atoms with Crippen molar-refractivity contribution in [2.75, 3.05) is 19.6 Å². The van der Waals surface area contributed by atoms with Gasteiger partial charge >= 0.3 is 0 Å². The molecule has 4 heteroatoms. The van der Waals surface area contributed by atoms with Gasteiger partial charge in [-0.1, -0.05) is 19.9 Å². The Hall–Kier alpha value is -1.29. The Balaban J connectivity index is 1.88. The van der Waals surface area contributed by atoms with E-state index < -0.39 is 11.6 Å². The third kappa shape index (κ3) is 3.63. The number of hydrogen-bond donors (Lipinski definition) is 0. The maximum absolute atomic E-state index is 13.5. The van der Waals surface area contributed by atoms with E-state index in [2.05, 4.69) is 18.7 Å². The van der Waals surface area contributed by atoms with Gasteiger partial charge in [0.2, 0.25) is 0 Å². The van der Waals surface area contributed by atoms with Crippen LogP contribution in [0.4, 0.5) is 8.78 Å². The van der Waals surface area contributed by atoms with Gasteiger partial charge in [0, 0.05) is 13.0 Å². The molecule has 0 spiro atoms. The molecule has 1 aliphatic heterocycles. The molecule has 1 aromatic rings. The molecular weight excluding hydrogens is 260 g/mol. The fourth-order valence-electron chi connectivity index (χ4n) is 2.50. The van der Waals surface area contributed by atoms with Crippen LogP contribution in [0.25, 0.3) is 0 Å².